The van der Waals surface area contributed by atoms with Crippen LogP contribution in [0.5, 0.6) is 0 Å². The van der Waals surface area contributed by atoms with E-state index in [9.17, 15) is 4.79 Å². The Hall–Kier alpha value is -2.23. The van der Waals surface area contributed by atoms with E-state index in [1.54, 1.807) is 12.3 Å². The van der Waals surface area contributed by atoms with E-state index in [0.717, 1.165) is 25.8 Å². The quantitative estimate of drug-likeness (QED) is 0.628. The molecule has 0 saturated carbocycles. The number of nitrogens with zero attached hydrogens (tertiary/aromatic N) is 1. The van der Waals surface area contributed by atoms with Gasteiger partial charge in [-0.15, -0.1) is 0 Å². The predicted molar refractivity (Wildman–Crippen MR) is 84.2 cm³/mol. The first-order valence-electron chi connectivity index (χ1n) is 7.37. The SMILES string of the molecule is CCCn1cc(N)cc1C(=O)OCCCc1ccccc1. The summed E-state index contributed by atoms with van der Waals surface area (Å²) >= 11 is 0. The molecule has 1 heterocycles. The van der Waals surface area contributed by atoms with Gasteiger partial charge < -0.3 is 15.0 Å². The lowest BCUT2D eigenvalue weighted by Gasteiger charge is -2.08. The molecule has 2 N–H and O–H groups in total. The lowest BCUT2D eigenvalue weighted by molar-refractivity contribution is 0.0488. The Bertz CT molecular complexity index is 576. The third kappa shape index (κ3) is 4.38. The number of hydrogen-bond donors (Lipinski definition) is 1. The molecule has 0 bridgehead atoms. The normalized spacial score (nSPS) is 10.5. The Balaban J connectivity index is 1.82. The zero-order chi connectivity index (χ0) is 15.1. The van der Waals surface area contributed by atoms with Crippen LogP contribution in [0.4, 0.5) is 5.69 Å². The van der Waals surface area contributed by atoms with Gasteiger partial charge in [-0.25, -0.2) is 4.79 Å². The fourth-order valence-corrected chi connectivity index (χ4v) is 2.29. The van der Waals surface area contributed by atoms with Crippen LogP contribution in [-0.4, -0.2) is 17.1 Å². The van der Waals surface area contributed by atoms with Crippen molar-refractivity contribution in [2.75, 3.05) is 12.3 Å². The van der Waals surface area contributed by atoms with Gasteiger partial charge in [0.25, 0.3) is 0 Å². The number of benzene rings is 1. The third-order valence-electron chi connectivity index (χ3n) is 3.28. The third-order valence-corrected chi connectivity index (χ3v) is 3.28. The number of carbonyl (C=O) groups excluding carboxylic acids is 1. The highest BCUT2D eigenvalue weighted by Gasteiger charge is 2.13. The standard InChI is InChI=1S/C17H22N2O2/c1-2-10-19-13-15(18)12-16(19)17(20)21-11-6-9-14-7-4-3-5-8-14/h3-5,7-8,12-13H,2,6,9-11,18H2,1H3. The van der Waals surface area contributed by atoms with Crippen LogP contribution in [0.15, 0.2) is 42.6 Å². The minimum atomic E-state index is -0.298. The maximum atomic E-state index is 12.1. The second-order valence-electron chi connectivity index (χ2n) is 5.08. The van der Waals surface area contributed by atoms with Crippen LogP contribution in [0.3, 0.4) is 0 Å². The smallest absolute Gasteiger partial charge is 0.355 e. The van der Waals surface area contributed by atoms with Crippen LogP contribution < -0.4 is 5.73 Å². The molecule has 0 atom stereocenters. The van der Waals surface area contributed by atoms with Gasteiger partial charge >= 0.3 is 5.97 Å². The lowest BCUT2D eigenvalue weighted by Crippen LogP contribution is -2.12. The molecule has 1 aromatic heterocycles. The first-order chi connectivity index (χ1) is 10.2. The average Bonchev–Trinajstić information content (AvgIpc) is 2.86. The minimum Gasteiger partial charge on any atom is -0.461 e. The first-order valence-corrected chi connectivity index (χ1v) is 7.37. The first kappa shape index (κ1) is 15.2. The van der Waals surface area contributed by atoms with Crippen LogP contribution in [0.1, 0.15) is 35.8 Å². The Kier molecular flexibility index (Phi) is 5.43. The summed E-state index contributed by atoms with van der Waals surface area (Å²) in [5, 5.41) is 0. The zero-order valence-corrected chi connectivity index (χ0v) is 12.4. The molecular weight excluding hydrogens is 264 g/mol. The molecule has 0 aliphatic rings. The summed E-state index contributed by atoms with van der Waals surface area (Å²) < 4.78 is 7.19. The van der Waals surface area contributed by atoms with E-state index in [4.69, 9.17) is 10.5 Å². The van der Waals surface area contributed by atoms with Gasteiger partial charge in [-0.05, 0) is 30.9 Å². The van der Waals surface area contributed by atoms with Crippen LogP contribution in [0, 0.1) is 0 Å². The monoisotopic (exact) mass is 286 g/mol. The molecule has 21 heavy (non-hydrogen) atoms. The second-order valence-corrected chi connectivity index (χ2v) is 5.08. The Labute approximate surface area is 125 Å². The van der Waals surface area contributed by atoms with Crippen molar-refractivity contribution < 1.29 is 9.53 Å². The van der Waals surface area contributed by atoms with Crippen molar-refractivity contribution in [2.24, 2.45) is 0 Å². The van der Waals surface area contributed by atoms with Crippen LogP contribution in [0.25, 0.3) is 0 Å². The summed E-state index contributed by atoms with van der Waals surface area (Å²) in [5.74, 6) is -0.298. The van der Waals surface area contributed by atoms with E-state index in [0.29, 0.717) is 18.0 Å². The number of aromatic nitrogens is 1. The molecule has 0 aliphatic carbocycles. The Morgan fingerprint density at radius 2 is 2.05 bits per heavy atom. The van der Waals surface area contributed by atoms with E-state index < -0.39 is 0 Å². The molecule has 0 saturated heterocycles. The van der Waals surface area contributed by atoms with E-state index in [1.165, 1.54) is 5.56 Å². The molecule has 0 unspecified atom stereocenters. The van der Waals surface area contributed by atoms with Crippen LogP contribution in [0.2, 0.25) is 0 Å². The number of aryl methyl sites for hydroxylation is 2. The number of hydrogen-bond acceptors (Lipinski definition) is 3. The Morgan fingerprint density at radius 3 is 2.76 bits per heavy atom. The van der Waals surface area contributed by atoms with Gasteiger partial charge in [-0.1, -0.05) is 37.3 Å². The number of rotatable bonds is 7. The summed E-state index contributed by atoms with van der Waals surface area (Å²) in [6.45, 7) is 3.25. The largest absolute Gasteiger partial charge is 0.461 e. The Morgan fingerprint density at radius 1 is 1.29 bits per heavy atom. The molecule has 0 radical (unpaired) electrons. The molecule has 4 heteroatoms. The number of nitrogen functional groups attached to an aromatic ring is 1. The topological polar surface area (TPSA) is 57.2 Å². The lowest BCUT2D eigenvalue weighted by atomic mass is 10.1. The van der Waals surface area contributed by atoms with Gasteiger partial charge in [0.05, 0.1) is 12.3 Å². The summed E-state index contributed by atoms with van der Waals surface area (Å²) in [6.07, 6.45) is 4.46. The predicted octanol–water partition coefficient (Wildman–Crippen LogP) is 3.27. The van der Waals surface area contributed by atoms with Crippen molar-refractivity contribution in [1.82, 2.24) is 4.57 Å². The minimum absolute atomic E-state index is 0.298. The van der Waals surface area contributed by atoms with E-state index in [-0.39, 0.29) is 5.97 Å². The van der Waals surface area contributed by atoms with Crippen LogP contribution in [-0.2, 0) is 17.7 Å². The summed E-state index contributed by atoms with van der Waals surface area (Å²) in [5.41, 5.74) is 8.14. The van der Waals surface area contributed by atoms with Gasteiger partial charge in [0, 0.05) is 12.7 Å². The van der Waals surface area contributed by atoms with Gasteiger partial charge in [-0.2, -0.15) is 0 Å². The van der Waals surface area contributed by atoms with E-state index >= 15 is 0 Å². The number of nitrogens with two attached hydrogens (primary N) is 1. The number of esters is 1. The van der Waals surface area contributed by atoms with Gasteiger partial charge in [0.15, 0.2) is 0 Å². The molecule has 4 nitrogen and oxygen atoms in total. The summed E-state index contributed by atoms with van der Waals surface area (Å²) in [7, 11) is 0. The van der Waals surface area contributed by atoms with Crippen molar-refractivity contribution in [3.63, 3.8) is 0 Å². The fraction of sp³-hybridized carbons (Fsp3) is 0.353. The van der Waals surface area contributed by atoms with Gasteiger partial charge in [0.2, 0.25) is 0 Å². The van der Waals surface area contributed by atoms with Crippen LogP contribution >= 0.6 is 0 Å². The van der Waals surface area contributed by atoms with Crippen molar-refractivity contribution in [3.8, 4) is 0 Å². The average molecular weight is 286 g/mol. The van der Waals surface area contributed by atoms with E-state index in [1.807, 2.05) is 22.8 Å². The van der Waals surface area contributed by atoms with Crippen molar-refractivity contribution in [3.05, 3.63) is 53.9 Å². The molecule has 0 spiro atoms. The highest BCUT2D eigenvalue weighted by atomic mass is 16.5. The van der Waals surface area contributed by atoms with Crippen molar-refractivity contribution >= 4 is 11.7 Å². The summed E-state index contributed by atoms with van der Waals surface area (Å²) in [4.78, 5) is 12.1. The molecule has 0 aliphatic heterocycles. The fourth-order valence-electron chi connectivity index (χ4n) is 2.29. The number of carbonyl (C=O) groups is 1. The molecule has 0 amide bonds. The number of anilines is 1. The molecule has 112 valence electrons. The summed E-state index contributed by atoms with van der Waals surface area (Å²) in [6, 6.07) is 11.9. The molecular formula is C17H22N2O2. The molecule has 1 aromatic carbocycles. The maximum Gasteiger partial charge on any atom is 0.355 e. The van der Waals surface area contributed by atoms with Gasteiger partial charge in [-0.3, -0.25) is 0 Å². The molecule has 2 rings (SSSR count). The second kappa shape index (κ2) is 7.53. The highest BCUT2D eigenvalue weighted by molar-refractivity contribution is 5.89. The van der Waals surface area contributed by atoms with Crippen molar-refractivity contribution in [1.29, 1.82) is 0 Å². The van der Waals surface area contributed by atoms with Gasteiger partial charge in [0.1, 0.15) is 5.69 Å². The zero-order valence-electron chi connectivity index (χ0n) is 12.4. The highest BCUT2D eigenvalue weighted by Crippen LogP contribution is 2.13. The molecule has 0 fully saturated rings. The molecule has 2 aromatic rings. The number of ether oxygens (including phenoxy) is 1. The van der Waals surface area contributed by atoms with Crippen molar-refractivity contribution in [2.45, 2.75) is 32.7 Å². The van der Waals surface area contributed by atoms with E-state index in [2.05, 4.69) is 19.1 Å². The maximum absolute atomic E-state index is 12.1.